The smallest absolute Gasteiger partial charge is 0.343 e. The van der Waals surface area contributed by atoms with Gasteiger partial charge in [-0.15, -0.1) is 0 Å². The molecule has 0 unspecified atom stereocenters. The predicted octanol–water partition coefficient (Wildman–Crippen LogP) is 2.02. The van der Waals surface area contributed by atoms with Gasteiger partial charge < -0.3 is 14.0 Å². The summed E-state index contributed by atoms with van der Waals surface area (Å²) in [6.45, 7) is 2.18. The second kappa shape index (κ2) is 6.62. The van der Waals surface area contributed by atoms with E-state index < -0.39 is 27.0 Å². The van der Waals surface area contributed by atoms with E-state index >= 15 is 0 Å². The summed E-state index contributed by atoms with van der Waals surface area (Å²) in [6.07, 6.45) is 3.08. The number of aryl methyl sites for hydroxylation is 1. The SMILES string of the molecule is CCOC(=O)c1cc2cccc(OCC3(C4([SH](=O)=O)CC4)CC3)c2n(C)c1=O. The molecule has 2 aromatic rings. The van der Waals surface area contributed by atoms with Crippen LogP contribution in [0.4, 0.5) is 0 Å². The number of hydrogen-bond acceptors (Lipinski definition) is 6. The van der Waals surface area contributed by atoms with E-state index in [1.54, 1.807) is 32.2 Å². The topological polar surface area (TPSA) is 91.7 Å². The van der Waals surface area contributed by atoms with E-state index in [9.17, 15) is 18.0 Å². The lowest BCUT2D eigenvalue weighted by Crippen LogP contribution is -2.32. The third-order valence-corrected chi connectivity index (χ3v) is 7.73. The lowest BCUT2D eigenvalue weighted by molar-refractivity contribution is 0.0524. The first-order chi connectivity index (χ1) is 13.3. The lowest BCUT2D eigenvalue weighted by Gasteiger charge is -2.22. The molecule has 28 heavy (non-hydrogen) atoms. The predicted molar refractivity (Wildman–Crippen MR) is 105 cm³/mol. The van der Waals surface area contributed by atoms with E-state index in [1.165, 1.54) is 10.6 Å². The average Bonchev–Trinajstić information content (AvgIpc) is 3.56. The van der Waals surface area contributed by atoms with E-state index in [0.29, 0.717) is 36.1 Å². The number of ether oxygens (including phenoxy) is 2. The van der Waals surface area contributed by atoms with Crippen molar-refractivity contribution in [3.8, 4) is 5.75 Å². The molecule has 0 radical (unpaired) electrons. The number of benzene rings is 1. The third-order valence-electron chi connectivity index (χ3n) is 6.11. The highest BCUT2D eigenvalue weighted by atomic mass is 32.2. The van der Waals surface area contributed by atoms with Crippen LogP contribution in [0, 0.1) is 5.41 Å². The number of aromatic nitrogens is 1. The fourth-order valence-corrected chi connectivity index (χ4v) is 5.27. The summed E-state index contributed by atoms with van der Waals surface area (Å²) in [4.78, 5) is 24.7. The van der Waals surface area contributed by atoms with Crippen molar-refractivity contribution in [2.24, 2.45) is 12.5 Å². The van der Waals surface area contributed by atoms with Gasteiger partial charge in [0.2, 0.25) is 0 Å². The minimum absolute atomic E-state index is 0.0204. The molecule has 2 saturated carbocycles. The van der Waals surface area contributed by atoms with Crippen LogP contribution in [0.1, 0.15) is 43.0 Å². The van der Waals surface area contributed by atoms with Crippen molar-refractivity contribution < 1.29 is 22.7 Å². The summed E-state index contributed by atoms with van der Waals surface area (Å²) in [6, 6.07) is 6.87. The monoisotopic (exact) mass is 405 g/mol. The van der Waals surface area contributed by atoms with Gasteiger partial charge in [-0.05, 0) is 44.7 Å². The molecule has 0 bridgehead atoms. The van der Waals surface area contributed by atoms with E-state index in [1.807, 2.05) is 0 Å². The highest BCUT2D eigenvalue weighted by molar-refractivity contribution is 7.74. The Morgan fingerprint density at radius 3 is 2.50 bits per heavy atom. The summed E-state index contributed by atoms with van der Waals surface area (Å²) in [5.74, 6) is -0.140. The molecule has 1 heterocycles. The van der Waals surface area contributed by atoms with E-state index in [-0.39, 0.29) is 17.6 Å². The van der Waals surface area contributed by atoms with Gasteiger partial charge in [-0.3, -0.25) is 4.79 Å². The largest absolute Gasteiger partial charge is 0.491 e. The molecule has 0 amide bonds. The van der Waals surface area contributed by atoms with Gasteiger partial charge >= 0.3 is 5.97 Å². The molecule has 2 aliphatic carbocycles. The maximum absolute atomic E-state index is 12.6. The molecule has 0 spiro atoms. The molecule has 2 fully saturated rings. The van der Waals surface area contributed by atoms with Crippen LogP contribution in [0.3, 0.4) is 0 Å². The van der Waals surface area contributed by atoms with E-state index in [2.05, 4.69) is 0 Å². The molecule has 2 aliphatic rings. The number of esters is 1. The summed E-state index contributed by atoms with van der Waals surface area (Å²) < 4.78 is 35.3. The third kappa shape index (κ3) is 2.82. The van der Waals surface area contributed by atoms with Crippen molar-refractivity contribution in [1.82, 2.24) is 4.57 Å². The van der Waals surface area contributed by atoms with Crippen LogP contribution in [0.25, 0.3) is 10.9 Å². The normalized spacial score (nSPS) is 18.8. The number of hydrogen-bond donors (Lipinski definition) is 1. The van der Waals surface area contributed by atoms with Gasteiger partial charge in [-0.1, -0.05) is 12.1 Å². The molecule has 1 aromatic carbocycles. The molecular weight excluding hydrogens is 382 g/mol. The highest BCUT2D eigenvalue weighted by Gasteiger charge is 2.68. The van der Waals surface area contributed by atoms with Crippen molar-refractivity contribution in [2.75, 3.05) is 13.2 Å². The van der Waals surface area contributed by atoms with Gasteiger partial charge in [-0.2, -0.15) is 0 Å². The zero-order chi connectivity index (χ0) is 20.1. The Bertz CT molecular complexity index is 1080. The Morgan fingerprint density at radius 1 is 1.21 bits per heavy atom. The van der Waals surface area contributed by atoms with Gasteiger partial charge in [0.25, 0.3) is 5.56 Å². The van der Waals surface area contributed by atoms with Crippen LogP contribution < -0.4 is 10.3 Å². The summed E-state index contributed by atoms with van der Waals surface area (Å²) in [5, 5.41) is 0.684. The number of thiol groups is 1. The van der Waals surface area contributed by atoms with Crippen LogP contribution >= 0.6 is 0 Å². The van der Waals surface area contributed by atoms with Gasteiger partial charge in [0, 0.05) is 17.8 Å². The number of rotatable bonds is 7. The Labute approximate surface area is 164 Å². The minimum Gasteiger partial charge on any atom is -0.491 e. The molecule has 1 aromatic heterocycles. The quantitative estimate of drug-likeness (QED) is 0.560. The number of para-hydroxylation sites is 1. The van der Waals surface area contributed by atoms with Gasteiger partial charge in [-0.25, -0.2) is 13.2 Å². The van der Waals surface area contributed by atoms with Crippen molar-refractivity contribution in [1.29, 1.82) is 0 Å². The molecule has 7 nitrogen and oxygen atoms in total. The average molecular weight is 405 g/mol. The van der Waals surface area contributed by atoms with Crippen molar-refractivity contribution >= 4 is 27.6 Å². The Hall–Kier alpha value is -2.35. The molecule has 0 atom stereocenters. The van der Waals surface area contributed by atoms with Crippen molar-refractivity contribution in [3.05, 3.63) is 40.2 Å². The zero-order valence-electron chi connectivity index (χ0n) is 15.9. The van der Waals surface area contributed by atoms with Gasteiger partial charge in [0.05, 0.1) is 23.5 Å². The van der Waals surface area contributed by atoms with Crippen LogP contribution in [0.2, 0.25) is 0 Å². The van der Waals surface area contributed by atoms with E-state index in [0.717, 1.165) is 12.8 Å². The molecule has 150 valence electrons. The van der Waals surface area contributed by atoms with Crippen LogP contribution in [0.15, 0.2) is 29.1 Å². The first-order valence-corrected chi connectivity index (χ1v) is 10.6. The maximum atomic E-state index is 12.6. The zero-order valence-corrected chi connectivity index (χ0v) is 16.8. The highest BCUT2D eigenvalue weighted by Crippen LogP contribution is 2.66. The second-order valence-corrected chi connectivity index (χ2v) is 9.06. The molecule has 8 heteroatoms. The Balaban J connectivity index is 1.68. The number of pyridine rings is 1. The number of carbonyl (C=O) groups is 1. The minimum atomic E-state index is -2.49. The van der Waals surface area contributed by atoms with Crippen molar-refractivity contribution in [3.63, 3.8) is 0 Å². The van der Waals surface area contributed by atoms with Crippen LogP contribution in [-0.2, 0) is 22.5 Å². The molecule has 0 aliphatic heterocycles. The number of nitrogens with zero attached hydrogens (tertiary/aromatic N) is 1. The molecule has 4 rings (SSSR count). The summed E-state index contributed by atoms with van der Waals surface area (Å²) in [7, 11) is -0.899. The first kappa shape index (κ1) is 19.0. The van der Waals surface area contributed by atoms with Crippen LogP contribution in [-0.4, -0.2) is 36.9 Å². The van der Waals surface area contributed by atoms with E-state index in [4.69, 9.17) is 9.47 Å². The molecular formula is C20H23NO6S. The number of fused-ring (bicyclic) bond motifs is 1. The molecule has 0 N–H and O–H groups in total. The molecule has 0 saturated heterocycles. The summed E-state index contributed by atoms with van der Waals surface area (Å²) in [5.41, 5.74) is -0.209. The Kier molecular flexibility index (Phi) is 4.49. The lowest BCUT2D eigenvalue weighted by atomic mass is 10.0. The maximum Gasteiger partial charge on any atom is 0.343 e. The first-order valence-electron chi connectivity index (χ1n) is 9.42. The van der Waals surface area contributed by atoms with Gasteiger partial charge in [0.1, 0.15) is 22.0 Å². The second-order valence-electron chi connectivity index (χ2n) is 7.69. The summed E-state index contributed by atoms with van der Waals surface area (Å²) >= 11 is 0. The fourth-order valence-electron chi connectivity index (χ4n) is 4.12. The van der Waals surface area contributed by atoms with Crippen LogP contribution in [0.5, 0.6) is 5.75 Å². The standard InChI is InChI=1S/C20H23NO6S/c1-3-26-18(23)14-11-13-5-4-6-15(16(13)21(2)17(14)22)27-12-19(7-8-19)20(9-10-20)28(24)25/h4-6,11,28H,3,7-10,12H2,1-2H3. The van der Waals surface area contributed by atoms with Crippen molar-refractivity contribution in [2.45, 2.75) is 37.4 Å². The fraction of sp³-hybridized carbons (Fsp3) is 0.500. The van der Waals surface area contributed by atoms with Gasteiger partial charge in [0.15, 0.2) is 0 Å². The number of carbonyl (C=O) groups excluding carboxylic acids is 1. The Morgan fingerprint density at radius 2 is 1.93 bits per heavy atom.